The molecule has 0 aliphatic heterocycles. The van der Waals surface area contributed by atoms with Crippen molar-refractivity contribution in [3.8, 4) is 11.3 Å². The molecule has 0 saturated carbocycles. The summed E-state index contributed by atoms with van der Waals surface area (Å²) in [6.45, 7) is 5.35. The first-order valence-corrected chi connectivity index (χ1v) is 13.7. The Bertz CT molecular complexity index is 1800. The standard InChI is InChI=1S/C29H26F3N3O3S/c1-18-15-21(19(2)20-7-5-4-6-8-20)9-12-28(18,3)39(37,38)35-24(16-23-11-14-34-27(36)26(23)35)22-10-13-33-25(17-22)29(30,31)32/h4-11,13-17,19H,12H2,1-3H3,(H,34,36). The van der Waals surface area contributed by atoms with Crippen LogP contribution in [0.3, 0.4) is 0 Å². The molecule has 4 aromatic rings. The number of hydrogen-bond donors (Lipinski definition) is 1. The van der Waals surface area contributed by atoms with Crippen LogP contribution in [0.4, 0.5) is 13.2 Å². The lowest BCUT2D eigenvalue weighted by molar-refractivity contribution is -0.141. The van der Waals surface area contributed by atoms with Crippen LogP contribution >= 0.6 is 0 Å². The fourth-order valence-electron chi connectivity index (χ4n) is 5.01. The first-order chi connectivity index (χ1) is 18.3. The predicted molar refractivity (Wildman–Crippen MR) is 145 cm³/mol. The Morgan fingerprint density at radius 1 is 1.10 bits per heavy atom. The molecule has 1 aliphatic rings. The molecule has 2 unspecified atom stereocenters. The fraction of sp³-hybridized carbons (Fsp3) is 0.241. The number of halogens is 3. The van der Waals surface area contributed by atoms with Gasteiger partial charge in [-0.2, -0.15) is 13.2 Å². The molecule has 0 saturated heterocycles. The zero-order valence-corrected chi connectivity index (χ0v) is 22.3. The Balaban J connectivity index is 1.67. The van der Waals surface area contributed by atoms with Gasteiger partial charge in [-0.1, -0.05) is 55.0 Å². The molecule has 10 heteroatoms. The van der Waals surface area contributed by atoms with E-state index >= 15 is 0 Å². The van der Waals surface area contributed by atoms with Gasteiger partial charge in [0.2, 0.25) is 10.0 Å². The highest BCUT2D eigenvalue weighted by atomic mass is 32.2. The van der Waals surface area contributed by atoms with Crippen molar-refractivity contribution in [1.29, 1.82) is 0 Å². The van der Waals surface area contributed by atoms with Crippen LogP contribution in [0.25, 0.3) is 22.2 Å². The second kappa shape index (κ2) is 9.37. The molecule has 1 N–H and O–H groups in total. The normalized spacial score (nSPS) is 19.0. The second-order valence-corrected chi connectivity index (χ2v) is 12.2. The van der Waals surface area contributed by atoms with E-state index in [2.05, 4.69) is 9.97 Å². The van der Waals surface area contributed by atoms with Gasteiger partial charge in [0.1, 0.15) is 16.0 Å². The van der Waals surface area contributed by atoms with E-state index in [0.717, 1.165) is 27.4 Å². The zero-order valence-electron chi connectivity index (χ0n) is 21.5. The van der Waals surface area contributed by atoms with Crippen molar-refractivity contribution >= 4 is 20.9 Å². The number of hydrogen-bond acceptors (Lipinski definition) is 4. The molecule has 5 rings (SSSR count). The number of nitrogens with one attached hydrogen (secondary N) is 1. The van der Waals surface area contributed by atoms with Crippen molar-refractivity contribution in [3.63, 3.8) is 0 Å². The molecule has 39 heavy (non-hydrogen) atoms. The smallest absolute Gasteiger partial charge is 0.327 e. The quantitative estimate of drug-likeness (QED) is 0.309. The number of fused-ring (bicyclic) bond motifs is 1. The summed E-state index contributed by atoms with van der Waals surface area (Å²) in [5.41, 5.74) is 0.567. The number of aromatic amines is 1. The number of H-pyrrole nitrogens is 1. The Hall–Kier alpha value is -3.92. The summed E-state index contributed by atoms with van der Waals surface area (Å²) in [5, 5.41) is 0.290. The number of allylic oxidation sites excluding steroid dienone is 3. The second-order valence-electron chi connectivity index (χ2n) is 9.94. The number of rotatable bonds is 5. The summed E-state index contributed by atoms with van der Waals surface area (Å²) in [5.74, 6) is 0.0248. The minimum absolute atomic E-state index is 0.0218. The third kappa shape index (κ3) is 4.42. The van der Waals surface area contributed by atoms with E-state index in [1.54, 1.807) is 13.8 Å². The summed E-state index contributed by atoms with van der Waals surface area (Å²) in [4.78, 5) is 18.8. The van der Waals surface area contributed by atoms with E-state index in [1.807, 2.05) is 49.4 Å². The third-order valence-electron chi connectivity index (χ3n) is 7.58. The average Bonchev–Trinajstić information content (AvgIpc) is 3.32. The van der Waals surface area contributed by atoms with Gasteiger partial charge >= 0.3 is 6.18 Å². The van der Waals surface area contributed by atoms with E-state index in [1.165, 1.54) is 24.4 Å². The lowest BCUT2D eigenvalue weighted by Crippen LogP contribution is -2.42. The topological polar surface area (TPSA) is 84.8 Å². The van der Waals surface area contributed by atoms with Crippen LogP contribution in [0.5, 0.6) is 0 Å². The molecule has 202 valence electrons. The molecule has 0 bridgehead atoms. The van der Waals surface area contributed by atoms with Crippen molar-refractivity contribution in [1.82, 2.24) is 13.9 Å². The highest BCUT2D eigenvalue weighted by Crippen LogP contribution is 2.42. The molecule has 1 aromatic carbocycles. The first kappa shape index (κ1) is 26.7. The van der Waals surface area contributed by atoms with Crippen LogP contribution in [-0.2, 0) is 16.2 Å². The molecular formula is C29H26F3N3O3S. The van der Waals surface area contributed by atoms with Crippen LogP contribution in [-0.4, -0.2) is 27.1 Å². The maximum absolute atomic E-state index is 14.5. The van der Waals surface area contributed by atoms with Crippen LogP contribution in [0.15, 0.2) is 95.1 Å². The van der Waals surface area contributed by atoms with Gasteiger partial charge in [0.05, 0.1) is 5.69 Å². The minimum Gasteiger partial charge on any atom is -0.327 e. The van der Waals surface area contributed by atoms with E-state index in [9.17, 15) is 26.4 Å². The van der Waals surface area contributed by atoms with Crippen molar-refractivity contribution < 1.29 is 21.6 Å². The van der Waals surface area contributed by atoms with Crippen molar-refractivity contribution in [2.75, 3.05) is 0 Å². The van der Waals surface area contributed by atoms with Gasteiger partial charge in [-0.25, -0.2) is 12.4 Å². The van der Waals surface area contributed by atoms with Crippen molar-refractivity contribution in [2.45, 2.75) is 44.0 Å². The molecule has 0 spiro atoms. The van der Waals surface area contributed by atoms with Gasteiger partial charge in [-0.05, 0) is 55.7 Å². The van der Waals surface area contributed by atoms with Crippen LogP contribution in [0.2, 0.25) is 0 Å². The Labute approximate surface area is 223 Å². The van der Waals surface area contributed by atoms with Gasteiger partial charge in [0, 0.05) is 29.3 Å². The first-order valence-electron chi connectivity index (χ1n) is 12.3. The van der Waals surface area contributed by atoms with E-state index < -0.39 is 32.2 Å². The number of alkyl halides is 3. The fourth-order valence-corrected chi connectivity index (χ4v) is 7.02. The summed E-state index contributed by atoms with van der Waals surface area (Å²) in [7, 11) is -4.38. The van der Waals surface area contributed by atoms with E-state index in [0.29, 0.717) is 5.57 Å². The maximum atomic E-state index is 14.5. The molecule has 1 aliphatic carbocycles. The third-order valence-corrected chi connectivity index (χ3v) is 10.1. The molecule has 0 amide bonds. The lowest BCUT2D eigenvalue weighted by Gasteiger charge is -2.34. The highest BCUT2D eigenvalue weighted by Gasteiger charge is 2.45. The molecule has 2 atom stereocenters. The molecular weight excluding hydrogens is 527 g/mol. The van der Waals surface area contributed by atoms with E-state index in [-0.39, 0.29) is 34.5 Å². The molecule has 3 aromatic heterocycles. The van der Waals surface area contributed by atoms with Crippen LogP contribution < -0.4 is 5.56 Å². The summed E-state index contributed by atoms with van der Waals surface area (Å²) < 4.78 is 68.8. The summed E-state index contributed by atoms with van der Waals surface area (Å²) >= 11 is 0. The van der Waals surface area contributed by atoms with Gasteiger partial charge in [-0.15, -0.1) is 0 Å². The Kier molecular flexibility index (Phi) is 6.41. The largest absolute Gasteiger partial charge is 0.433 e. The molecule has 3 heterocycles. The molecule has 6 nitrogen and oxygen atoms in total. The Morgan fingerprint density at radius 2 is 1.82 bits per heavy atom. The molecule has 0 fully saturated rings. The minimum atomic E-state index is -4.73. The van der Waals surface area contributed by atoms with Gasteiger partial charge in [0.25, 0.3) is 5.56 Å². The van der Waals surface area contributed by atoms with Crippen molar-refractivity contribution in [2.24, 2.45) is 0 Å². The maximum Gasteiger partial charge on any atom is 0.433 e. The number of nitrogens with zero attached hydrogens (tertiary/aromatic N) is 2. The summed E-state index contributed by atoms with van der Waals surface area (Å²) in [6, 6.07) is 14.9. The summed E-state index contributed by atoms with van der Waals surface area (Å²) in [6.07, 6.45) is 1.47. The number of pyridine rings is 2. The van der Waals surface area contributed by atoms with Crippen LogP contribution in [0.1, 0.15) is 44.4 Å². The van der Waals surface area contributed by atoms with Crippen LogP contribution in [0, 0.1) is 0 Å². The number of aromatic nitrogens is 3. The Morgan fingerprint density at radius 3 is 2.49 bits per heavy atom. The predicted octanol–water partition coefficient (Wildman–Crippen LogP) is 6.43. The SMILES string of the molecule is CC1=CC(C(C)c2ccccc2)=CCC1(C)S(=O)(=O)n1c(-c2ccnc(C(F)(F)F)c2)cc2cc[nH]c(=O)c21. The van der Waals surface area contributed by atoms with Gasteiger partial charge in [0.15, 0.2) is 0 Å². The van der Waals surface area contributed by atoms with Gasteiger partial charge < -0.3 is 4.98 Å². The average molecular weight is 554 g/mol. The van der Waals surface area contributed by atoms with Gasteiger partial charge in [-0.3, -0.25) is 9.78 Å². The number of benzene rings is 1. The monoisotopic (exact) mass is 553 g/mol. The zero-order chi connectivity index (χ0) is 28.2. The lowest BCUT2D eigenvalue weighted by atomic mass is 9.83. The highest BCUT2D eigenvalue weighted by molar-refractivity contribution is 7.91. The van der Waals surface area contributed by atoms with E-state index in [4.69, 9.17) is 0 Å². The van der Waals surface area contributed by atoms with Crippen molar-refractivity contribution in [3.05, 3.63) is 112 Å². The molecule has 0 radical (unpaired) electrons.